The molecular formula is C10H16N4W. The molecule has 1 rings (SSSR count). The zero-order chi connectivity index (χ0) is 11.4. The monoisotopic (exact) mass is 376 g/mol. The molecule has 0 fully saturated rings. The van der Waals surface area contributed by atoms with Crippen molar-refractivity contribution in [2.45, 2.75) is 26.7 Å². The Balaban J connectivity index is 3.30. The van der Waals surface area contributed by atoms with Crippen molar-refractivity contribution in [1.82, 2.24) is 9.97 Å². The Morgan fingerprint density at radius 1 is 1.40 bits per heavy atom. The number of nitrogens with zero attached hydrogens (tertiary/aromatic N) is 2. The van der Waals surface area contributed by atoms with E-state index in [9.17, 15) is 0 Å². The van der Waals surface area contributed by atoms with Gasteiger partial charge in [-0.25, -0.2) is 0 Å². The van der Waals surface area contributed by atoms with Gasteiger partial charge in [0.1, 0.15) is 0 Å². The van der Waals surface area contributed by atoms with Crippen molar-refractivity contribution < 1.29 is 19.4 Å². The molecule has 0 aliphatic rings. The predicted octanol–water partition coefficient (Wildman–Crippen LogP) is 1.14. The van der Waals surface area contributed by atoms with E-state index in [0.29, 0.717) is 5.82 Å². The summed E-state index contributed by atoms with van der Waals surface area (Å²) in [6.07, 6.45) is 1.79. The number of hydrogen-bond acceptors (Lipinski definition) is 4. The van der Waals surface area contributed by atoms with Crippen LogP contribution in [0.15, 0.2) is 0 Å². The third-order valence-corrected chi connectivity index (χ3v) is 3.91. The van der Waals surface area contributed by atoms with Crippen LogP contribution in [0.1, 0.15) is 31.7 Å². The van der Waals surface area contributed by atoms with Gasteiger partial charge in [-0.1, -0.05) is 0 Å². The fraction of sp³-hybridized carbons (Fsp3) is 0.500. The van der Waals surface area contributed by atoms with Gasteiger partial charge < -0.3 is 0 Å². The van der Waals surface area contributed by atoms with E-state index in [2.05, 4.69) is 22.2 Å². The first kappa shape index (κ1) is 12.3. The fourth-order valence-corrected chi connectivity index (χ4v) is 2.04. The Morgan fingerprint density at radius 2 is 2.07 bits per heavy atom. The number of nitrogen functional groups attached to an aromatic ring is 1. The summed E-state index contributed by atoms with van der Waals surface area (Å²) in [5.41, 5.74) is 6.94. The normalized spacial score (nSPS) is 10.1. The van der Waals surface area contributed by atoms with Crippen molar-refractivity contribution in [3.05, 3.63) is 11.4 Å². The molecule has 1 aromatic rings. The molecule has 3 N–H and O–H groups in total. The van der Waals surface area contributed by atoms with Crippen LogP contribution in [0.3, 0.4) is 0 Å². The van der Waals surface area contributed by atoms with Crippen LogP contribution in [0.5, 0.6) is 0 Å². The topological polar surface area (TPSA) is 63.8 Å². The molecule has 0 spiro atoms. The predicted molar refractivity (Wildman–Crippen MR) is 59.8 cm³/mol. The van der Waals surface area contributed by atoms with Gasteiger partial charge in [0.05, 0.1) is 0 Å². The molecule has 0 atom stereocenters. The van der Waals surface area contributed by atoms with Crippen LogP contribution in [0, 0.1) is 0 Å². The molecule has 0 amide bonds. The minimum atomic E-state index is 0.595. The van der Waals surface area contributed by atoms with Crippen LogP contribution in [-0.4, -0.2) is 20.9 Å². The van der Waals surface area contributed by atoms with Gasteiger partial charge in [0.2, 0.25) is 0 Å². The van der Waals surface area contributed by atoms with Crippen molar-refractivity contribution in [1.29, 1.82) is 0 Å². The van der Waals surface area contributed by atoms with Crippen molar-refractivity contribution in [3.8, 4) is 0 Å². The van der Waals surface area contributed by atoms with Gasteiger partial charge in [0.25, 0.3) is 0 Å². The number of hydrogen-bond donors (Lipinski definition) is 2. The quantitative estimate of drug-likeness (QED) is 0.828. The van der Waals surface area contributed by atoms with E-state index in [1.807, 2.05) is 14.0 Å². The van der Waals surface area contributed by atoms with E-state index >= 15 is 0 Å². The van der Waals surface area contributed by atoms with Crippen LogP contribution in [-0.2, 0) is 25.8 Å². The SMILES string of the molecule is CC[C](=[W])c1c(N)nc(CC)nc1NC. The number of aryl methyl sites for hydroxylation is 1. The Kier molecular flexibility index (Phi) is 4.40. The van der Waals surface area contributed by atoms with Crippen LogP contribution < -0.4 is 11.1 Å². The molecule has 0 aliphatic heterocycles. The van der Waals surface area contributed by atoms with Gasteiger partial charge in [-0.05, 0) is 0 Å². The zero-order valence-corrected chi connectivity index (χ0v) is 12.2. The maximum absolute atomic E-state index is 5.95. The van der Waals surface area contributed by atoms with Crippen molar-refractivity contribution in [2.24, 2.45) is 0 Å². The van der Waals surface area contributed by atoms with E-state index in [0.717, 1.165) is 30.0 Å². The number of anilines is 2. The van der Waals surface area contributed by atoms with Crippen LogP contribution in [0.25, 0.3) is 0 Å². The molecule has 4 nitrogen and oxygen atoms in total. The fourth-order valence-electron chi connectivity index (χ4n) is 1.32. The number of aromatic nitrogens is 2. The van der Waals surface area contributed by atoms with Gasteiger partial charge in [0.15, 0.2) is 0 Å². The van der Waals surface area contributed by atoms with E-state index < -0.39 is 0 Å². The summed E-state index contributed by atoms with van der Waals surface area (Å²) in [4.78, 5) is 8.72. The second kappa shape index (κ2) is 5.36. The number of nitrogens with one attached hydrogen (secondary N) is 1. The molecule has 0 bridgehead atoms. The second-order valence-corrected chi connectivity index (χ2v) is 4.90. The third kappa shape index (κ3) is 2.62. The van der Waals surface area contributed by atoms with Crippen molar-refractivity contribution in [3.63, 3.8) is 0 Å². The molecule has 0 aromatic carbocycles. The molecule has 5 heteroatoms. The maximum atomic E-state index is 5.95. The van der Waals surface area contributed by atoms with Crippen molar-refractivity contribution in [2.75, 3.05) is 18.1 Å². The molecule has 1 aromatic heterocycles. The van der Waals surface area contributed by atoms with Gasteiger partial charge in [-0.2, -0.15) is 0 Å². The van der Waals surface area contributed by atoms with Crippen LogP contribution >= 0.6 is 0 Å². The summed E-state index contributed by atoms with van der Waals surface area (Å²) in [6, 6.07) is 0. The molecule has 15 heavy (non-hydrogen) atoms. The van der Waals surface area contributed by atoms with E-state index in [1.54, 1.807) is 0 Å². The summed E-state index contributed by atoms with van der Waals surface area (Å²) in [5, 5.41) is 3.09. The second-order valence-electron chi connectivity index (χ2n) is 3.13. The zero-order valence-electron chi connectivity index (χ0n) is 9.29. The minimum absolute atomic E-state index is 0.595. The standard InChI is InChI=1S/C10H16N4.W/c1-4-6-7-9(11)13-8(5-2)14-10(7)12-3;/h4-5H2,1-3H3,(H3,11,12,13,14);. The molecular weight excluding hydrogens is 360 g/mol. The third-order valence-electron chi connectivity index (χ3n) is 2.14. The molecule has 0 saturated heterocycles. The summed E-state index contributed by atoms with van der Waals surface area (Å²) < 4.78 is 1.29. The summed E-state index contributed by atoms with van der Waals surface area (Å²) in [5.74, 6) is 2.24. The van der Waals surface area contributed by atoms with Gasteiger partial charge >= 0.3 is 101 Å². The first-order valence-corrected chi connectivity index (χ1v) is 6.48. The van der Waals surface area contributed by atoms with Crippen LogP contribution in [0.2, 0.25) is 0 Å². The first-order chi connectivity index (χ1) is 7.13. The average Bonchev–Trinajstić information content (AvgIpc) is 2.26. The number of nitrogens with two attached hydrogens (primary N) is 1. The van der Waals surface area contributed by atoms with Gasteiger partial charge in [-0.3, -0.25) is 0 Å². The van der Waals surface area contributed by atoms with Crippen LogP contribution in [0.4, 0.5) is 11.6 Å². The molecule has 1 heterocycles. The van der Waals surface area contributed by atoms with E-state index in [4.69, 9.17) is 5.73 Å². The Hall–Kier alpha value is -0.762. The number of rotatable bonds is 4. The summed E-state index contributed by atoms with van der Waals surface area (Å²) in [6.45, 7) is 4.14. The summed E-state index contributed by atoms with van der Waals surface area (Å²) >= 11 is 1.42. The Bertz CT molecular complexity index is 376. The molecule has 0 saturated carbocycles. The molecule has 0 radical (unpaired) electrons. The molecule has 0 unspecified atom stereocenters. The van der Waals surface area contributed by atoms with Gasteiger partial charge in [0, 0.05) is 0 Å². The van der Waals surface area contributed by atoms with Gasteiger partial charge in [-0.15, -0.1) is 0 Å². The average molecular weight is 376 g/mol. The Morgan fingerprint density at radius 3 is 2.53 bits per heavy atom. The summed E-state index contributed by atoms with van der Waals surface area (Å²) in [7, 11) is 1.86. The Labute approximate surface area is 101 Å². The molecule has 0 aliphatic carbocycles. The van der Waals surface area contributed by atoms with E-state index in [1.165, 1.54) is 23.3 Å². The first-order valence-electron chi connectivity index (χ1n) is 5.01. The van der Waals surface area contributed by atoms with Crippen molar-refractivity contribution >= 4 is 15.5 Å². The molecule has 82 valence electrons. The van der Waals surface area contributed by atoms with E-state index in [-0.39, 0.29) is 0 Å².